The second-order valence-corrected chi connectivity index (χ2v) is 4.62. The molecule has 1 aromatic heterocycles. The normalized spacial score (nSPS) is 33.0. The van der Waals surface area contributed by atoms with Crippen molar-refractivity contribution in [3.05, 3.63) is 22.2 Å². The van der Waals surface area contributed by atoms with Crippen LogP contribution < -0.4 is 11.4 Å². The summed E-state index contributed by atoms with van der Waals surface area (Å²) in [7, 11) is 0. The predicted molar refractivity (Wildman–Crippen MR) is 67.8 cm³/mol. The Kier molecular flexibility index (Phi) is 4.88. The third kappa shape index (κ3) is 3.37. The number of H-pyrrole nitrogens is 1. The van der Waals surface area contributed by atoms with Gasteiger partial charge in [-0.15, -0.1) is 0 Å². The Morgan fingerprint density at radius 3 is 2.67 bits per heavy atom. The number of anilines is 1. The molecule has 0 aromatic carbocycles. The van der Waals surface area contributed by atoms with Gasteiger partial charge in [0.25, 0.3) is 0 Å². The molecule has 0 bridgehead atoms. The van der Waals surface area contributed by atoms with Crippen molar-refractivity contribution in [3.8, 4) is 0 Å². The smallest absolute Gasteiger partial charge is 0.346 e. The summed E-state index contributed by atoms with van der Waals surface area (Å²) in [4.78, 5) is 16.7. The molecule has 0 saturated carbocycles. The summed E-state index contributed by atoms with van der Waals surface area (Å²) in [6, 6.07) is 0. The summed E-state index contributed by atoms with van der Waals surface area (Å²) in [6.07, 6.45) is -5.50. The van der Waals surface area contributed by atoms with Crippen molar-refractivity contribution in [2.75, 3.05) is 12.3 Å². The fourth-order valence-corrected chi connectivity index (χ4v) is 1.93. The van der Waals surface area contributed by atoms with Gasteiger partial charge in [-0.25, -0.2) is 4.79 Å². The molecule has 0 spiro atoms. The van der Waals surface area contributed by atoms with Crippen molar-refractivity contribution < 1.29 is 29.9 Å². The number of aliphatic hydroxyl groups is 4. The van der Waals surface area contributed by atoms with E-state index in [1.165, 1.54) is 6.20 Å². The monoisotopic (exact) mass is 303 g/mol. The second-order valence-electron chi connectivity index (χ2n) is 4.62. The molecule has 7 N–H and O–H groups in total. The highest BCUT2D eigenvalue weighted by molar-refractivity contribution is 5.35. The molecule has 0 radical (unpaired) electrons. The molecule has 0 aliphatic carbocycles. The first kappa shape index (κ1) is 15.8. The van der Waals surface area contributed by atoms with Crippen molar-refractivity contribution in [2.45, 2.75) is 37.3 Å². The number of hydrogen-bond donors (Lipinski definition) is 6. The molecule has 2 rings (SSSR count). The maximum Gasteiger partial charge on any atom is 0.346 e. The predicted octanol–water partition coefficient (Wildman–Crippen LogP) is -3.33. The number of rotatable bonds is 4. The van der Waals surface area contributed by atoms with Crippen molar-refractivity contribution in [3.63, 3.8) is 0 Å². The van der Waals surface area contributed by atoms with Crippen LogP contribution in [-0.4, -0.2) is 67.7 Å². The number of aromatic amines is 1. The van der Waals surface area contributed by atoms with E-state index in [1.807, 2.05) is 0 Å². The Hall–Kier alpha value is -1.56. The quantitative estimate of drug-likeness (QED) is 0.332. The van der Waals surface area contributed by atoms with Gasteiger partial charge < -0.3 is 40.6 Å². The Morgan fingerprint density at radius 1 is 1.33 bits per heavy atom. The Balaban J connectivity index is 2.03. The minimum Gasteiger partial charge on any atom is -0.394 e. The minimum atomic E-state index is -1.52. The maximum absolute atomic E-state index is 10.9. The average Bonchev–Trinajstić information content (AvgIpc) is 2.46. The molecule has 1 aliphatic rings. The van der Waals surface area contributed by atoms with Gasteiger partial charge in [0.15, 0.2) is 6.29 Å². The number of nitrogens with one attached hydrogen (secondary N) is 1. The van der Waals surface area contributed by atoms with Crippen LogP contribution in [-0.2, 0) is 16.1 Å². The van der Waals surface area contributed by atoms with Gasteiger partial charge in [-0.05, 0) is 0 Å². The van der Waals surface area contributed by atoms with Gasteiger partial charge in [0.05, 0.1) is 13.2 Å². The maximum atomic E-state index is 10.9. The van der Waals surface area contributed by atoms with Crippen molar-refractivity contribution in [1.82, 2.24) is 9.97 Å². The number of nitrogens with two attached hydrogens (primary N) is 1. The van der Waals surface area contributed by atoms with Crippen LogP contribution in [0, 0.1) is 0 Å². The van der Waals surface area contributed by atoms with E-state index in [4.69, 9.17) is 20.3 Å². The zero-order valence-corrected chi connectivity index (χ0v) is 10.9. The molecule has 10 nitrogen and oxygen atoms in total. The van der Waals surface area contributed by atoms with E-state index >= 15 is 0 Å². The lowest BCUT2D eigenvalue weighted by Gasteiger charge is -2.39. The third-order valence-corrected chi connectivity index (χ3v) is 3.17. The van der Waals surface area contributed by atoms with Crippen LogP contribution >= 0.6 is 0 Å². The van der Waals surface area contributed by atoms with Crippen LogP contribution in [0.2, 0.25) is 0 Å². The van der Waals surface area contributed by atoms with E-state index < -0.39 is 43.0 Å². The van der Waals surface area contributed by atoms with Gasteiger partial charge in [-0.1, -0.05) is 0 Å². The number of nitrogen functional groups attached to an aromatic ring is 1. The standard InChI is InChI=1S/C11H17N3O7/c12-9-4(1-13-11(19)14-9)3-20-10-8(18)7(17)6(16)5(2-15)21-10/h1,5-8,10,15-18H,2-3H2,(H3,12,13,14,19). The van der Waals surface area contributed by atoms with Crippen LogP contribution in [0.5, 0.6) is 0 Å². The van der Waals surface area contributed by atoms with Gasteiger partial charge in [0.1, 0.15) is 30.2 Å². The molecule has 21 heavy (non-hydrogen) atoms. The van der Waals surface area contributed by atoms with Gasteiger partial charge in [-0.2, -0.15) is 4.98 Å². The van der Waals surface area contributed by atoms with E-state index in [1.54, 1.807) is 0 Å². The summed E-state index contributed by atoms with van der Waals surface area (Å²) in [5, 5.41) is 38.0. The fraction of sp³-hybridized carbons (Fsp3) is 0.636. The third-order valence-electron chi connectivity index (χ3n) is 3.17. The Bertz CT molecular complexity index is 535. The Morgan fingerprint density at radius 2 is 2.05 bits per heavy atom. The van der Waals surface area contributed by atoms with Crippen molar-refractivity contribution >= 4 is 5.82 Å². The number of aromatic nitrogens is 2. The summed E-state index contributed by atoms with van der Waals surface area (Å²) in [5.74, 6) is -0.0386. The summed E-state index contributed by atoms with van der Waals surface area (Å²) >= 11 is 0. The molecular weight excluding hydrogens is 286 g/mol. The first-order chi connectivity index (χ1) is 9.93. The van der Waals surface area contributed by atoms with Gasteiger partial charge in [0, 0.05) is 11.8 Å². The topological polar surface area (TPSA) is 171 Å². The van der Waals surface area contributed by atoms with Gasteiger partial charge in [0.2, 0.25) is 0 Å². The number of ether oxygens (including phenoxy) is 2. The van der Waals surface area contributed by atoms with E-state index in [0.717, 1.165) is 0 Å². The SMILES string of the molecule is Nc1nc(=O)[nH]cc1COC1OC(CO)C(O)C(O)C1O. The van der Waals surface area contributed by atoms with Crippen LogP contribution in [0.15, 0.2) is 11.0 Å². The van der Waals surface area contributed by atoms with Crippen LogP contribution in [0.25, 0.3) is 0 Å². The van der Waals surface area contributed by atoms with Gasteiger partial charge in [-0.3, -0.25) is 0 Å². The molecule has 1 fully saturated rings. The van der Waals surface area contributed by atoms with Crippen molar-refractivity contribution in [2.24, 2.45) is 0 Å². The lowest BCUT2D eigenvalue weighted by molar-refractivity contribution is -0.304. The van der Waals surface area contributed by atoms with E-state index in [0.29, 0.717) is 5.56 Å². The highest BCUT2D eigenvalue weighted by Crippen LogP contribution is 2.23. The van der Waals surface area contributed by atoms with Crippen LogP contribution in [0.4, 0.5) is 5.82 Å². The molecule has 5 atom stereocenters. The first-order valence-corrected chi connectivity index (χ1v) is 6.20. The second kappa shape index (κ2) is 6.47. The van der Waals surface area contributed by atoms with Crippen LogP contribution in [0.1, 0.15) is 5.56 Å². The number of nitrogens with zero attached hydrogens (tertiary/aromatic N) is 1. The molecule has 1 aliphatic heterocycles. The lowest BCUT2D eigenvalue weighted by Crippen LogP contribution is -2.59. The molecule has 5 unspecified atom stereocenters. The number of aliphatic hydroxyl groups excluding tert-OH is 4. The first-order valence-electron chi connectivity index (χ1n) is 6.20. The molecule has 2 heterocycles. The van der Waals surface area contributed by atoms with E-state index in [-0.39, 0.29) is 12.4 Å². The summed E-state index contributed by atoms with van der Waals surface area (Å²) < 4.78 is 10.4. The highest BCUT2D eigenvalue weighted by Gasteiger charge is 2.44. The summed E-state index contributed by atoms with van der Waals surface area (Å²) in [6.45, 7) is -0.703. The molecule has 118 valence electrons. The molecule has 1 saturated heterocycles. The fourth-order valence-electron chi connectivity index (χ4n) is 1.93. The molecule has 1 aromatic rings. The molecule has 0 amide bonds. The zero-order valence-electron chi connectivity index (χ0n) is 10.9. The minimum absolute atomic E-state index is 0.0386. The molecular formula is C11H17N3O7. The van der Waals surface area contributed by atoms with Gasteiger partial charge >= 0.3 is 5.69 Å². The zero-order chi connectivity index (χ0) is 15.6. The van der Waals surface area contributed by atoms with Crippen molar-refractivity contribution in [1.29, 1.82) is 0 Å². The number of hydrogen-bond acceptors (Lipinski definition) is 9. The Labute approximate surface area is 118 Å². The van der Waals surface area contributed by atoms with E-state index in [9.17, 15) is 20.1 Å². The largest absolute Gasteiger partial charge is 0.394 e. The lowest BCUT2D eigenvalue weighted by atomic mass is 9.99. The van der Waals surface area contributed by atoms with Crippen LogP contribution in [0.3, 0.4) is 0 Å². The average molecular weight is 303 g/mol. The summed E-state index contributed by atoms with van der Waals surface area (Å²) in [5.41, 5.74) is 5.28. The van der Waals surface area contributed by atoms with E-state index in [2.05, 4.69) is 9.97 Å². The molecule has 10 heteroatoms. The highest BCUT2D eigenvalue weighted by atomic mass is 16.7.